The lowest BCUT2D eigenvalue weighted by molar-refractivity contribution is -0.119. The van der Waals surface area contributed by atoms with Gasteiger partial charge in [-0.25, -0.2) is 0 Å². The van der Waals surface area contributed by atoms with Crippen LogP contribution in [0.1, 0.15) is 6.42 Å². The summed E-state index contributed by atoms with van der Waals surface area (Å²) < 4.78 is 0.818. The first kappa shape index (κ1) is 14.0. The number of benzene rings is 1. The molecule has 0 aromatic heterocycles. The van der Waals surface area contributed by atoms with E-state index in [1.807, 2.05) is 18.2 Å². The molecule has 1 rings (SSSR count). The van der Waals surface area contributed by atoms with E-state index in [4.69, 9.17) is 11.6 Å². The van der Waals surface area contributed by atoms with E-state index in [1.165, 1.54) is 0 Å². The predicted molar refractivity (Wildman–Crippen MR) is 71.1 cm³/mol. The van der Waals surface area contributed by atoms with Crippen molar-refractivity contribution in [2.24, 2.45) is 0 Å². The monoisotopic (exact) mass is 318 g/mol. The number of amides is 2. The van der Waals surface area contributed by atoms with Crippen molar-refractivity contribution in [3.63, 3.8) is 0 Å². The van der Waals surface area contributed by atoms with Gasteiger partial charge in [0.05, 0.1) is 5.69 Å². The molecule has 0 saturated heterocycles. The van der Waals surface area contributed by atoms with Crippen LogP contribution in [0.2, 0.25) is 0 Å². The second kappa shape index (κ2) is 7.29. The van der Waals surface area contributed by atoms with E-state index in [0.29, 0.717) is 5.69 Å². The molecule has 92 valence electrons. The first-order valence-electron chi connectivity index (χ1n) is 5.00. The number of rotatable bonds is 5. The summed E-state index contributed by atoms with van der Waals surface area (Å²) in [7, 11) is 0. The Morgan fingerprint density at radius 2 is 1.94 bits per heavy atom. The van der Waals surface area contributed by atoms with Gasteiger partial charge in [-0.15, -0.1) is 11.6 Å². The number of nitrogens with one attached hydrogen (secondary N) is 2. The SMILES string of the molecule is O=C(CCl)NCCC(=O)Nc1ccccc1Br. The summed E-state index contributed by atoms with van der Waals surface area (Å²) in [5.41, 5.74) is 0.709. The van der Waals surface area contributed by atoms with Crippen LogP contribution in [-0.4, -0.2) is 24.2 Å². The molecule has 0 atom stereocenters. The normalized spacial score (nSPS) is 9.76. The Morgan fingerprint density at radius 3 is 2.59 bits per heavy atom. The van der Waals surface area contributed by atoms with Gasteiger partial charge in [-0.05, 0) is 28.1 Å². The van der Waals surface area contributed by atoms with Gasteiger partial charge in [0.25, 0.3) is 0 Å². The number of carbonyl (C=O) groups excluding carboxylic acids is 2. The summed E-state index contributed by atoms with van der Waals surface area (Å²) in [5.74, 6) is -0.529. The van der Waals surface area contributed by atoms with E-state index >= 15 is 0 Å². The highest BCUT2D eigenvalue weighted by Crippen LogP contribution is 2.21. The molecule has 0 saturated carbocycles. The number of hydrogen-bond acceptors (Lipinski definition) is 2. The fraction of sp³-hybridized carbons (Fsp3) is 0.273. The molecule has 0 spiro atoms. The minimum Gasteiger partial charge on any atom is -0.355 e. The number of carbonyl (C=O) groups is 2. The van der Waals surface area contributed by atoms with Gasteiger partial charge in [0, 0.05) is 17.4 Å². The third kappa shape index (κ3) is 5.19. The van der Waals surface area contributed by atoms with Crippen LogP contribution < -0.4 is 10.6 Å². The summed E-state index contributed by atoms with van der Waals surface area (Å²) in [6.07, 6.45) is 0.212. The summed E-state index contributed by atoms with van der Waals surface area (Å²) in [6.45, 7) is 0.280. The van der Waals surface area contributed by atoms with Crippen LogP contribution in [0.3, 0.4) is 0 Å². The Kier molecular flexibility index (Phi) is 6.00. The second-order valence-corrected chi connectivity index (χ2v) is 4.38. The third-order valence-electron chi connectivity index (χ3n) is 1.94. The van der Waals surface area contributed by atoms with Crippen molar-refractivity contribution in [1.82, 2.24) is 5.32 Å². The first-order valence-corrected chi connectivity index (χ1v) is 6.33. The van der Waals surface area contributed by atoms with E-state index in [0.717, 1.165) is 4.47 Å². The molecule has 6 heteroatoms. The maximum Gasteiger partial charge on any atom is 0.234 e. The molecular weight excluding hydrogens is 307 g/mol. The second-order valence-electron chi connectivity index (χ2n) is 3.26. The van der Waals surface area contributed by atoms with Gasteiger partial charge in [-0.3, -0.25) is 9.59 Å². The standard InChI is InChI=1S/C11H12BrClN2O2/c12-8-3-1-2-4-9(8)15-10(16)5-6-14-11(17)7-13/h1-4H,5-7H2,(H,14,17)(H,15,16). The molecule has 1 aromatic carbocycles. The fourth-order valence-electron chi connectivity index (χ4n) is 1.14. The van der Waals surface area contributed by atoms with E-state index < -0.39 is 0 Å². The molecule has 0 fully saturated rings. The Bertz CT molecular complexity index is 412. The minimum absolute atomic E-state index is 0.0914. The third-order valence-corrected chi connectivity index (χ3v) is 2.88. The molecule has 0 aliphatic heterocycles. The van der Waals surface area contributed by atoms with Crippen LogP contribution in [0.25, 0.3) is 0 Å². The number of hydrogen-bond donors (Lipinski definition) is 2. The van der Waals surface area contributed by atoms with Crippen molar-refractivity contribution in [2.75, 3.05) is 17.7 Å². The Morgan fingerprint density at radius 1 is 1.24 bits per heavy atom. The average molecular weight is 320 g/mol. The Labute approximate surface area is 113 Å². The predicted octanol–water partition coefficient (Wildman–Crippen LogP) is 2.13. The number of anilines is 1. The first-order chi connectivity index (χ1) is 8.13. The van der Waals surface area contributed by atoms with E-state index in [9.17, 15) is 9.59 Å². The molecule has 0 unspecified atom stereocenters. The summed E-state index contributed by atoms with van der Waals surface area (Å²) in [6, 6.07) is 7.32. The molecule has 0 bridgehead atoms. The fourth-order valence-corrected chi connectivity index (χ4v) is 1.62. The lowest BCUT2D eigenvalue weighted by Crippen LogP contribution is -2.28. The molecule has 2 amide bonds. The van der Waals surface area contributed by atoms with Crippen molar-refractivity contribution in [2.45, 2.75) is 6.42 Å². The van der Waals surface area contributed by atoms with Gasteiger partial charge in [0.15, 0.2) is 0 Å². The van der Waals surface area contributed by atoms with Crippen LogP contribution in [0.5, 0.6) is 0 Å². The number of para-hydroxylation sites is 1. The zero-order valence-electron chi connectivity index (χ0n) is 9.00. The van der Waals surface area contributed by atoms with E-state index in [2.05, 4.69) is 26.6 Å². The number of halogens is 2. The molecule has 0 heterocycles. The summed E-state index contributed by atoms with van der Waals surface area (Å²) in [5, 5.41) is 5.25. The van der Waals surface area contributed by atoms with Crippen molar-refractivity contribution < 1.29 is 9.59 Å². The van der Waals surface area contributed by atoms with Crippen LogP contribution in [0.15, 0.2) is 28.7 Å². The lowest BCUT2D eigenvalue weighted by atomic mass is 10.3. The van der Waals surface area contributed by atoms with E-state index in [-0.39, 0.29) is 30.7 Å². The van der Waals surface area contributed by atoms with Gasteiger partial charge in [-0.2, -0.15) is 0 Å². The van der Waals surface area contributed by atoms with Crippen LogP contribution in [0.4, 0.5) is 5.69 Å². The topological polar surface area (TPSA) is 58.2 Å². The average Bonchev–Trinajstić information content (AvgIpc) is 2.32. The molecule has 4 nitrogen and oxygen atoms in total. The largest absolute Gasteiger partial charge is 0.355 e. The Hall–Kier alpha value is -1.07. The highest BCUT2D eigenvalue weighted by molar-refractivity contribution is 9.10. The highest BCUT2D eigenvalue weighted by atomic mass is 79.9. The van der Waals surface area contributed by atoms with Crippen molar-refractivity contribution in [1.29, 1.82) is 0 Å². The zero-order chi connectivity index (χ0) is 12.7. The lowest BCUT2D eigenvalue weighted by Gasteiger charge is -2.07. The smallest absolute Gasteiger partial charge is 0.234 e. The summed E-state index contributed by atoms with van der Waals surface area (Å²) >= 11 is 8.62. The molecule has 0 radical (unpaired) electrons. The molecule has 1 aromatic rings. The maximum atomic E-state index is 11.5. The maximum absolute atomic E-state index is 11.5. The van der Waals surface area contributed by atoms with Gasteiger partial charge in [0.1, 0.15) is 5.88 Å². The van der Waals surface area contributed by atoms with Crippen molar-refractivity contribution >= 4 is 45.0 Å². The van der Waals surface area contributed by atoms with Gasteiger partial charge in [0.2, 0.25) is 11.8 Å². The van der Waals surface area contributed by atoms with E-state index in [1.54, 1.807) is 6.07 Å². The molecular formula is C11H12BrClN2O2. The minimum atomic E-state index is -0.277. The summed E-state index contributed by atoms with van der Waals surface area (Å²) in [4.78, 5) is 22.3. The van der Waals surface area contributed by atoms with Gasteiger partial charge < -0.3 is 10.6 Å². The molecule has 0 aliphatic carbocycles. The van der Waals surface area contributed by atoms with Crippen LogP contribution in [-0.2, 0) is 9.59 Å². The highest BCUT2D eigenvalue weighted by Gasteiger charge is 2.05. The van der Waals surface area contributed by atoms with Crippen LogP contribution in [0, 0.1) is 0 Å². The number of alkyl halides is 1. The van der Waals surface area contributed by atoms with Gasteiger partial charge in [-0.1, -0.05) is 12.1 Å². The molecule has 0 aliphatic rings. The molecule has 2 N–H and O–H groups in total. The molecule has 17 heavy (non-hydrogen) atoms. The quantitative estimate of drug-likeness (QED) is 0.817. The zero-order valence-corrected chi connectivity index (χ0v) is 11.3. The van der Waals surface area contributed by atoms with Crippen molar-refractivity contribution in [3.05, 3.63) is 28.7 Å². The van der Waals surface area contributed by atoms with Crippen LogP contribution >= 0.6 is 27.5 Å². The Balaban J connectivity index is 2.35. The van der Waals surface area contributed by atoms with Gasteiger partial charge >= 0.3 is 0 Å². The van der Waals surface area contributed by atoms with Crippen molar-refractivity contribution in [3.8, 4) is 0 Å².